The number of nitrogens with zero attached hydrogens (tertiary/aromatic N) is 4. The van der Waals surface area contributed by atoms with Gasteiger partial charge in [-0.1, -0.05) is 0 Å². The maximum Gasteiger partial charge on any atom is 0.205 e. The van der Waals surface area contributed by atoms with Crippen LogP contribution in [0.3, 0.4) is 0 Å². The Labute approximate surface area is 127 Å². The Kier molecular flexibility index (Phi) is 4.35. The van der Waals surface area contributed by atoms with Crippen LogP contribution in [0, 0.1) is 0 Å². The maximum atomic E-state index is 5.67. The molecule has 0 unspecified atom stereocenters. The summed E-state index contributed by atoms with van der Waals surface area (Å²) in [6, 6.07) is 1.94. The Morgan fingerprint density at radius 2 is 2.29 bits per heavy atom. The maximum absolute atomic E-state index is 5.67. The first-order valence-corrected chi connectivity index (χ1v) is 7.91. The summed E-state index contributed by atoms with van der Waals surface area (Å²) in [5, 5.41) is 8.05. The molecule has 3 N–H and O–H groups in total. The fourth-order valence-corrected chi connectivity index (χ4v) is 3.38. The van der Waals surface area contributed by atoms with Crippen molar-refractivity contribution in [2.24, 2.45) is 0 Å². The van der Waals surface area contributed by atoms with Gasteiger partial charge in [-0.25, -0.2) is 4.98 Å². The van der Waals surface area contributed by atoms with Gasteiger partial charge in [0.25, 0.3) is 0 Å². The summed E-state index contributed by atoms with van der Waals surface area (Å²) in [4.78, 5) is 6.90. The predicted octanol–water partition coefficient (Wildman–Crippen LogP) is 1.42. The van der Waals surface area contributed by atoms with Gasteiger partial charge in [-0.3, -0.25) is 5.10 Å². The molecule has 1 fully saturated rings. The van der Waals surface area contributed by atoms with Crippen LogP contribution in [0.25, 0.3) is 0 Å². The number of aromatic amines is 1. The smallest absolute Gasteiger partial charge is 0.205 e. The van der Waals surface area contributed by atoms with E-state index >= 15 is 0 Å². The van der Waals surface area contributed by atoms with Gasteiger partial charge in [0.05, 0.1) is 6.61 Å². The molecule has 0 saturated carbocycles. The first kappa shape index (κ1) is 14.3. The van der Waals surface area contributed by atoms with E-state index in [1.807, 2.05) is 6.07 Å². The van der Waals surface area contributed by atoms with Gasteiger partial charge in [0, 0.05) is 55.8 Å². The average Bonchev–Trinajstić information content (AvgIpc) is 3.14. The number of rotatable bonds is 5. The second-order valence-corrected chi connectivity index (χ2v) is 5.98. The van der Waals surface area contributed by atoms with Gasteiger partial charge in [0.15, 0.2) is 0 Å². The van der Waals surface area contributed by atoms with E-state index in [1.54, 1.807) is 7.11 Å². The van der Waals surface area contributed by atoms with Crippen molar-refractivity contribution in [1.82, 2.24) is 19.6 Å². The lowest BCUT2D eigenvalue weighted by Gasteiger charge is -2.30. The van der Waals surface area contributed by atoms with E-state index in [0.29, 0.717) is 18.3 Å². The molecule has 2 aromatic rings. The molecule has 2 aromatic heterocycles. The lowest BCUT2D eigenvalue weighted by molar-refractivity contribution is 0.201. The molecule has 1 aliphatic rings. The molecular weight excluding hydrogens is 288 g/mol. The molecule has 1 saturated heterocycles. The zero-order chi connectivity index (χ0) is 14.7. The van der Waals surface area contributed by atoms with Gasteiger partial charge >= 0.3 is 0 Å². The molecule has 0 aliphatic carbocycles. The highest BCUT2D eigenvalue weighted by molar-refractivity contribution is 7.09. The summed E-state index contributed by atoms with van der Waals surface area (Å²) in [5.74, 6) is 1.95. The summed E-state index contributed by atoms with van der Waals surface area (Å²) in [6.07, 6.45) is 2.93. The third-order valence-corrected chi connectivity index (χ3v) is 4.62. The van der Waals surface area contributed by atoms with E-state index in [2.05, 4.69) is 24.5 Å². The second kappa shape index (κ2) is 6.40. The minimum absolute atomic E-state index is 0.506. The molecule has 7 nitrogen and oxygen atoms in total. The molecule has 8 heteroatoms. The second-order valence-electron chi connectivity index (χ2n) is 5.25. The van der Waals surface area contributed by atoms with Crippen LogP contribution in [0.4, 0.5) is 10.9 Å². The average molecular weight is 308 g/mol. The SMILES string of the molecule is COCCc1nsc(N2CCC(c3cc(N)n[nH]3)CC2)n1. The van der Waals surface area contributed by atoms with E-state index in [0.717, 1.165) is 49.0 Å². The summed E-state index contributed by atoms with van der Waals surface area (Å²) >= 11 is 1.48. The van der Waals surface area contributed by atoms with Crippen LogP contribution in [0.15, 0.2) is 6.07 Å². The van der Waals surface area contributed by atoms with Gasteiger partial charge in [-0.2, -0.15) is 9.47 Å². The number of nitrogen functional groups attached to an aromatic ring is 1. The standard InChI is InChI=1S/C13H20N6OS/c1-20-7-4-12-15-13(21-18-12)19-5-2-9(3-6-19)10-8-11(14)17-16-10/h8-9H,2-7H2,1H3,(H3,14,16,17). The predicted molar refractivity (Wildman–Crippen MR) is 82.7 cm³/mol. The number of piperidine rings is 1. The lowest BCUT2D eigenvalue weighted by atomic mass is 9.94. The molecule has 3 heterocycles. The Morgan fingerprint density at radius 3 is 2.95 bits per heavy atom. The van der Waals surface area contributed by atoms with Crippen molar-refractivity contribution in [2.75, 3.05) is 37.4 Å². The largest absolute Gasteiger partial charge is 0.384 e. The first-order valence-electron chi connectivity index (χ1n) is 7.13. The van der Waals surface area contributed by atoms with E-state index < -0.39 is 0 Å². The van der Waals surface area contributed by atoms with Crippen LogP contribution >= 0.6 is 11.5 Å². The van der Waals surface area contributed by atoms with Crippen LogP contribution in [0.5, 0.6) is 0 Å². The Balaban J connectivity index is 1.56. The summed E-state index contributed by atoms with van der Waals surface area (Å²) in [6.45, 7) is 2.64. The van der Waals surface area contributed by atoms with E-state index in [9.17, 15) is 0 Å². The highest BCUT2D eigenvalue weighted by Crippen LogP contribution is 2.30. The van der Waals surface area contributed by atoms with Gasteiger partial charge in [0.2, 0.25) is 5.13 Å². The zero-order valence-electron chi connectivity index (χ0n) is 12.1. The molecule has 114 valence electrons. The van der Waals surface area contributed by atoms with Crippen molar-refractivity contribution in [3.05, 3.63) is 17.6 Å². The number of aromatic nitrogens is 4. The number of anilines is 2. The fourth-order valence-electron chi connectivity index (χ4n) is 2.61. The minimum Gasteiger partial charge on any atom is -0.384 e. The Bertz CT molecular complexity index is 575. The molecule has 0 spiro atoms. The third-order valence-electron chi connectivity index (χ3n) is 3.81. The van der Waals surface area contributed by atoms with Crippen molar-refractivity contribution in [3.8, 4) is 0 Å². The van der Waals surface area contributed by atoms with E-state index in [-0.39, 0.29) is 0 Å². The number of ether oxygens (including phenoxy) is 1. The molecule has 21 heavy (non-hydrogen) atoms. The van der Waals surface area contributed by atoms with Crippen LogP contribution < -0.4 is 10.6 Å². The molecule has 0 aromatic carbocycles. The minimum atomic E-state index is 0.506. The van der Waals surface area contributed by atoms with Crippen LogP contribution in [0.1, 0.15) is 30.3 Å². The normalized spacial score (nSPS) is 16.5. The molecule has 0 bridgehead atoms. The highest BCUT2D eigenvalue weighted by Gasteiger charge is 2.24. The molecule has 0 amide bonds. The number of hydrogen-bond donors (Lipinski definition) is 2. The molecule has 0 atom stereocenters. The molecule has 3 rings (SSSR count). The molecule has 1 aliphatic heterocycles. The monoisotopic (exact) mass is 308 g/mol. The van der Waals surface area contributed by atoms with Crippen molar-refractivity contribution in [3.63, 3.8) is 0 Å². The van der Waals surface area contributed by atoms with Gasteiger partial charge < -0.3 is 15.4 Å². The van der Waals surface area contributed by atoms with Crippen LogP contribution in [-0.4, -0.2) is 46.4 Å². The van der Waals surface area contributed by atoms with Crippen molar-refractivity contribution < 1.29 is 4.74 Å². The third kappa shape index (κ3) is 3.33. The van der Waals surface area contributed by atoms with Gasteiger partial charge in [0.1, 0.15) is 11.6 Å². The fraction of sp³-hybridized carbons (Fsp3) is 0.615. The number of nitrogens with one attached hydrogen (secondary N) is 1. The van der Waals surface area contributed by atoms with Crippen LogP contribution in [-0.2, 0) is 11.2 Å². The topological polar surface area (TPSA) is 93.0 Å². The number of methoxy groups -OCH3 is 1. The first-order chi connectivity index (χ1) is 10.3. The lowest BCUT2D eigenvalue weighted by Crippen LogP contribution is -2.32. The van der Waals surface area contributed by atoms with E-state index in [4.69, 9.17) is 10.5 Å². The number of nitrogens with two attached hydrogens (primary N) is 1. The summed E-state index contributed by atoms with van der Waals surface area (Å²) in [7, 11) is 1.69. The van der Waals surface area contributed by atoms with Crippen molar-refractivity contribution in [1.29, 1.82) is 0 Å². The Hall–Kier alpha value is -1.67. The van der Waals surface area contributed by atoms with Crippen LogP contribution in [0.2, 0.25) is 0 Å². The van der Waals surface area contributed by atoms with Gasteiger partial charge in [-0.15, -0.1) is 0 Å². The van der Waals surface area contributed by atoms with Crippen molar-refractivity contribution >= 4 is 22.5 Å². The number of hydrogen-bond acceptors (Lipinski definition) is 7. The molecule has 0 radical (unpaired) electrons. The molecular formula is C13H20N6OS. The number of H-pyrrole nitrogens is 1. The zero-order valence-corrected chi connectivity index (χ0v) is 12.9. The summed E-state index contributed by atoms with van der Waals surface area (Å²) in [5.41, 5.74) is 6.81. The Morgan fingerprint density at radius 1 is 1.48 bits per heavy atom. The van der Waals surface area contributed by atoms with Crippen molar-refractivity contribution in [2.45, 2.75) is 25.2 Å². The van der Waals surface area contributed by atoms with Gasteiger partial charge in [-0.05, 0) is 12.8 Å². The van der Waals surface area contributed by atoms with E-state index in [1.165, 1.54) is 11.5 Å². The highest BCUT2D eigenvalue weighted by atomic mass is 32.1. The quantitative estimate of drug-likeness (QED) is 0.867. The summed E-state index contributed by atoms with van der Waals surface area (Å²) < 4.78 is 9.44.